The minimum absolute atomic E-state index is 0.177. The number of esters is 1. The van der Waals surface area contributed by atoms with Crippen molar-refractivity contribution in [3.63, 3.8) is 0 Å². The van der Waals surface area contributed by atoms with Crippen molar-refractivity contribution >= 4 is 5.97 Å². The number of carbonyl (C=O) groups is 1. The van der Waals surface area contributed by atoms with Crippen molar-refractivity contribution in [2.24, 2.45) is 0 Å². The van der Waals surface area contributed by atoms with Crippen LogP contribution < -0.4 is 0 Å². The number of carbonyl (C=O) groups excluding carboxylic acids is 1. The van der Waals surface area contributed by atoms with Crippen molar-refractivity contribution in [1.29, 1.82) is 0 Å². The van der Waals surface area contributed by atoms with E-state index in [1.807, 2.05) is 0 Å². The van der Waals surface area contributed by atoms with E-state index in [-0.39, 0.29) is 6.61 Å². The number of benzene rings is 1. The van der Waals surface area contributed by atoms with Crippen LogP contribution in [-0.4, -0.2) is 24.3 Å². The van der Waals surface area contributed by atoms with Crippen LogP contribution in [-0.2, 0) is 15.2 Å². The Bertz CT molecular complexity index is 522. The quantitative estimate of drug-likeness (QED) is 0.775. The highest BCUT2D eigenvalue weighted by atomic mass is 19.1. The molecule has 1 rings (SSSR count). The van der Waals surface area contributed by atoms with E-state index in [4.69, 9.17) is 12.0 Å². The second kappa shape index (κ2) is 4.89. The maximum Gasteiger partial charge on any atom is 0.351 e. The highest BCUT2D eigenvalue weighted by Gasteiger charge is 2.41. The zero-order valence-electron chi connectivity index (χ0n) is 13.1. The van der Waals surface area contributed by atoms with E-state index in [1.54, 1.807) is 0 Å². The summed E-state index contributed by atoms with van der Waals surface area (Å²) < 4.78 is 56.5. The minimum Gasteiger partial charge on any atom is -0.463 e. The fourth-order valence-electron chi connectivity index (χ4n) is 0.939. The Morgan fingerprint density at radius 1 is 1.60 bits per heavy atom. The molecule has 0 bridgehead atoms. The van der Waals surface area contributed by atoms with E-state index in [2.05, 4.69) is 4.74 Å². The topological polar surface area (TPSA) is 46.5 Å². The average molecular weight is 217 g/mol. The zero-order chi connectivity index (χ0) is 15.7. The molecule has 1 unspecified atom stereocenters. The third-order valence-electron chi connectivity index (χ3n) is 1.71. The summed E-state index contributed by atoms with van der Waals surface area (Å²) in [5, 5.41) is 9.12. The number of hydrogen-bond acceptors (Lipinski definition) is 3. The van der Waals surface area contributed by atoms with Crippen molar-refractivity contribution in [3.8, 4) is 0 Å². The first kappa shape index (κ1) is 6.23. The van der Waals surface area contributed by atoms with Crippen LogP contribution in [0.1, 0.15) is 19.3 Å². The number of rotatable bonds is 4. The highest BCUT2D eigenvalue weighted by Crippen LogP contribution is 2.26. The van der Waals surface area contributed by atoms with Gasteiger partial charge in [0.2, 0.25) is 0 Å². The third kappa shape index (κ3) is 2.33. The van der Waals surface area contributed by atoms with Gasteiger partial charge in [-0.25, -0.2) is 9.18 Å². The number of aliphatic hydroxyl groups is 1. The van der Waals surface area contributed by atoms with Gasteiger partial charge in [-0.1, -0.05) is 30.2 Å². The first-order chi connectivity index (χ1) is 9.22. The van der Waals surface area contributed by atoms with E-state index >= 15 is 0 Å². The summed E-state index contributed by atoms with van der Waals surface area (Å²) in [6, 6.07) is -4.07. The maximum absolute atomic E-state index is 14.7. The molecule has 0 spiro atoms. The van der Waals surface area contributed by atoms with Crippen LogP contribution in [0.15, 0.2) is 30.2 Å². The van der Waals surface area contributed by atoms with Crippen LogP contribution in [0.5, 0.6) is 0 Å². The van der Waals surface area contributed by atoms with E-state index in [0.29, 0.717) is 0 Å². The van der Waals surface area contributed by atoms with Gasteiger partial charge in [-0.15, -0.1) is 0 Å². The largest absolute Gasteiger partial charge is 0.463 e. The van der Waals surface area contributed by atoms with Gasteiger partial charge in [-0.2, -0.15) is 0 Å². The molecule has 1 aromatic rings. The van der Waals surface area contributed by atoms with Gasteiger partial charge in [0.25, 0.3) is 5.67 Å². The molecule has 1 aromatic carbocycles. The Morgan fingerprint density at radius 2 is 2.20 bits per heavy atom. The standard InChI is InChI=1S/C11H13FO3/c1-2-15-10(14)11(12,8-13)9-6-4-3-5-7-9/h3-7,13H,2,8H2,1H3/i3D,4D,5D,6D,7D. The van der Waals surface area contributed by atoms with Crippen molar-refractivity contribution < 1.29 is 25.9 Å². The lowest BCUT2D eigenvalue weighted by Gasteiger charge is -2.20. The Morgan fingerprint density at radius 3 is 2.67 bits per heavy atom. The molecular weight excluding hydrogens is 199 g/mol. The van der Waals surface area contributed by atoms with Gasteiger partial charge in [0.05, 0.1) is 20.1 Å². The van der Waals surface area contributed by atoms with E-state index < -0.39 is 54.0 Å². The molecule has 0 aliphatic rings. The molecule has 0 heterocycles. The molecule has 1 atom stereocenters. The molecule has 0 radical (unpaired) electrons. The van der Waals surface area contributed by atoms with Gasteiger partial charge in [-0.3, -0.25) is 0 Å². The molecule has 4 heteroatoms. The van der Waals surface area contributed by atoms with Gasteiger partial charge >= 0.3 is 5.97 Å². The molecule has 15 heavy (non-hydrogen) atoms. The van der Waals surface area contributed by atoms with Crippen LogP contribution in [0, 0.1) is 0 Å². The maximum atomic E-state index is 14.7. The van der Waals surface area contributed by atoms with E-state index in [0.717, 1.165) is 0 Å². The lowest BCUT2D eigenvalue weighted by atomic mass is 9.97. The van der Waals surface area contributed by atoms with Crippen molar-refractivity contribution in [1.82, 2.24) is 0 Å². The summed E-state index contributed by atoms with van der Waals surface area (Å²) in [5.41, 5.74) is -4.13. The fraction of sp³-hybridized carbons (Fsp3) is 0.364. The molecule has 0 aliphatic heterocycles. The Kier molecular flexibility index (Phi) is 2.03. The molecule has 0 amide bonds. The molecular formula is C11H13FO3. The zero-order valence-corrected chi connectivity index (χ0v) is 8.06. The average Bonchev–Trinajstić information content (AvgIpc) is 2.43. The highest BCUT2D eigenvalue weighted by molar-refractivity contribution is 5.81. The smallest absolute Gasteiger partial charge is 0.351 e. The van der Waals surface area contributed by atoms with Crippen molar-refractivity contribution in [2.45, 2.75) is 12.6 Å². The van der Waals surface area contributed by atoms with Crippen LogP contribution in [0.2, 0.25) is 0 Å². The SMILES string of the molecule is [2H]c1c([2H])c([2H])c(C(F)(CO)C(=O)OCC)c([2H])c1[2H]. The summed E-state index contributed by atoms with van der Waals surface area (Å²) in [7, 11) is 0. The fourth-order valence-corrected chi connectivity index (χ4v) is 0.939. The number of aliphatic hydroxyl groups excluding tert-OH is 1. The number of halogens is 1. The Hall–Kier alpha value is -1.42. The van der Waals surface area contributed by atoms with E-state index in [9.17, 15) is 9.18 Å². The summed E-state index contributed by atoms with van der Waals surface area (Å²) in [6.07, 6.45) is 0. The van der Waals surface area contributed by atoms with Gasteiger partial charge in [0.1, 0.15) is 0 Å². The summed E-state index contributed by atoms with van der Waals surface area (Å²) in [4.78, 5) is 11.6. The van der Waals surface area contributed by atoms with Crippen LogP contribution in [0.4, 0.5) is 4.39 Å². The van der Waals surface area contributed by atoms with Gasteiger partial charge < -0.3 is 9.84 Å². The first-order valence-electron chi connectivity index (χ1n) is 6.76. The molecule has 0 aliphatic carbocycles. The minimum atomic E-state index is -3.20. The summed E-state index contributed by atoms with van der Waals surface area (Å²) >= 11 is 0. The molecule has 0 fully saturated rings. The molecule has 1 N–H and O–H groups in total. The monoisotopic (exact) mass is 217 g/mol. The number of hydrogen-bond donors (Lipinski definition) is 1. The summed E-state index contributed by atoms with van der Waals surface area (Å²) in [6.45, 7) is -0.152. The second-order valence-corrected chi connectivity index (χ2v) is 2.68. The van der Waals surface area contributed by atoms with Crippen LogP contribution in [0.25, 0.3) is 0 Å². The van der Waals surface area contributed by atoms with Gasteiger partial charge in [0.15, 0.2) is 0 Å². The third-order valence-corrected chi connectivity index (χ3v) is 1.71. The molecule has 0 saturated carbocycles. The Labute approximate surface area is 94.5 Å². The van der Waals surface area contributed by atoms with Gasteiger partial charge in [0, 0.05) is 5.56 Å². The van der Waals surface area contributed by atoms with E-state index in [1.165, 1.54) is 6.92 Å². The number of alkyl halides is 1. The normalized spacial score (nSPS) is 19.0. The van der Waals surface area contributed by atoms with Crippen molar-refractivity contribution in [2.75, 3.05) is 13.2 Å². The van der Waals surface area contributed by atoms with Gasteiger partial charge in [-0.05, 0) is 6.92 Å². The summed E-state index contributed by atoms with van der Waals surface area (Å²) in [5.74, 6) is -1.50. The molecule has 3 nitrogen and oxygen atoms in total. The predicted octanol–water partition coefficient (Wildman–Crippen LogP) is 1.41. The first-order valence-corrected chi connectivity index (χ1v) is 4.26. The Balaban J connectivity index is 3.63. The predicted molar refractivity (Wildman–Crippen MR) is 52.9 cm³/mol. The molecule has 82 valence electrons. The molecule has 0 aromatic heterocycles. The molecule has 0 saturated heterocycles. The number of ether oxygens (including phenoxy) is 1. The second-order valence-electron chi connectivity index (χ2n) is 2.68. The lowest BCUT2D eigenvalue weighted by Crippen LogP contribution is -2.36. The van der Waals surface area contributed by atoms with Crippen molar-refractivity contribution in [3.05, 3.63) is 35.8 Å². The lowest BCUT2D eigenvalue weighted by molar-refractivity contribution is -0.161. The van der Waals surface area contributed by atoms with Crippen LogP contribution in [0.3, 0.4) is 0 Å². The van der Waals surface area contributed by atoms with Crippen LogP contribution >= 0.6 is 0 Å².